The summed E-state index contributed by atoms with van der Waals surface area (Å²) < 4.78 is 18.9. The summed E-state index contributed by atoms with van der Waals surface area (Å²) in [4.78, 5) is 25.3. The molecule has 1 unspecified atom stereocenters. The number of thioether (sulfide) groups is 1. The first kappa shape index (κ1) is 18.5. The molecule has 0 aliphatic carbocycles. The highest BCUT2D eigenvalue weighted by molar-refractivity contribution is 8.12. The van der Waals surface area contributed by atoms with Crippen LogP contribution < -0.4 is 4.74 Å². The first-order valence-corrected chi connectivity index (χ1v) is 8.62. The van der Waals surface area contributed by atoms with E-state index in [9.17, 15) is 14.0 Å². The van der Waals surface area contributed by atoms with E-state index in [1.165, 1.54) is 0 Å². The maximum absolute atomic E-state index is 13.3. The molecule has 0 aliphatic rings. The number of ether oxygens (including phenoxy) is 1. The Morgan fingerprint density at radius 2 is 1.96 bits per heavy atom. The van der Waals surface area contributed by atoms with E-state index in [0.717, 1.165) is 23.6 Å². The van der Waals surface area contributed by atoms with E-state index >= 15 is 0 Å². The van der Waals surface area contributed by atoms with Gasteiger partial charge in [0.1, 0.15) is 12.0 Å². The summed E-state index contributed by atoms with van der Waals surface area (Å²) in [5.41, 5.74) is 2.22. The van der Waals surface area contributed by atoms with Crippen molar-refractivity contribution in [3.8, 4) is 5.75 Å². The van der Waals surface area contributed by atoms with Crippen molar-refractivity contribution in [3.05, 3.63) is 53.6 Å². The van der Waals surface area contributed by atoms with Crippen molar-refractivity contribution < 1.29 is 18.7 Å². The minimum Gasteiger partial charge on any atom is -0.493 e. The van der Waals surface area contributed by atoms with Crippen LogP contribution in [0, 0.1) is 5.95 Å². The van der Waals surface area contributed by atoms with Gasteiger partial charge in [-0.25, -0.2) is 4.98 Å². The fourth-order valence-electron chi connectivity index (χ4n) is 2.03. The zero-order chi connectivity index (χ0) is 17.4. The highest BCUT2D eigenvalue weighted by atomic mass is 32.2. The second kappa shape index (κ2) is 9.44. The molecule has 1 heterocycles. The number of aldehydes is 1. The zero-order valence-corrected chi connectivity index (χ0v) is 14.4. The van der Waals surface area contributed by atoms with E-state index in [0.29, 0.717) is 36.5 Å². The fraction of sp³-hybridized carbons (Fsp3) is 0.235. The van der Waals surface area contributed by atoms with Gasteiger partial charge in [0.2, 0.25) is 5.95 Å². The number of carbonyl (C=O) groups excluding carboxylic acids is 2. The van der Waals surface area contributed by atoms with Crippen molar-refractivity contribution in [2.75, 3.05) is 6.61 Å². The number of carbonyl (C=O) groups is 2. The number of hydrogen-bond donors (Lipinski definition) is 1. The van der Waals surface area contributed by atoms with Gasteiger partial charge >= 0.3 is 0 Å². The van der Waals surface area contributed by atoms with Crippen LogP contribution in [-0.2, 0) is 22.4 Å². The molecular weight excluding hydrogens is 349 g/mol. The summed E-state index contributed by atoms with van der Waals surface area (Å²) in [5, 5.41) is -0.370. The normalized spacial score (nSPS) is 11.8. The number of aromatic nitrogens is 1. The number of rotatable bonds is 9. The summed E-state index contributed by atoms with van der Waals surface area (Å²) in [6.45, 7) is 0.371. The van der Waals surface area contributed by atoms with E-state index in [-0.39, 0.29) is 10.1 Å². The summed E-state index contributed by atoms with van der Waals surface area (Å²) in [6.07, 6.45) is 1.74. The lowest BCUT2D eigenvalue weighted by atomic mass is 10.1. The number of hydrogen-bond acceptors (Lipinski definition) is 6. The highest BCUT2D eigenvalue weighted by Gasteiger charge is 2.08. The van der Waals surface area contributed by atoms with Gasteiger partial charge in [-0.1, -0.05) is 23.9 Å². The van der Waals surface area contributed by atoms with Gasteiger partial charge in [0.25, 0.3) is 0 Å². The SMILES string of the molecule is O=CSC(C=O)Cc1ccc(OCCc2ccc(S)c(F)n2)cc1. The van der Waals surface area contributed by atoms with E-state index in [1.54, 1.807) is 24.3 Å². The molecule has 24 heavy (non-hydrogen) atoms. The summed E-state index contributed by atoms with van der Waals surface area (Å²) in [6, 6.07) is 10.6. The van der Waals surface area contributed by atoms with Gasteiger partial charge in [-0.2, -0.15) is 4.39 Å². The molecule has 0 aliphatic heterocycles. The van der Waals surface area contributed by atoms with Crippen LogP contribution >= 0.6 is 24.4 Å². The fourth-order valence-corrected chi connectivity index (χ4v) is 2.65. The largest absolute Gasteiger partial charge is 0.493 e. The van der Waals surface area contributed by atoms with Crippen LogP contribution in [-0.4, -0.2) is 28.7 Å². The Morgan fingerprint density at radius 1 is 1.21 bits per heavy atom. The molecule has 2 rings (SSSR count). The van der Waals surface area contributed by atoms with Crippen LogP contribution in [0.15, 0.2) is 41.3 Å². The number of pyridine rings is 1. The number of thiol groups is 1. The third-order valence-corrected chi connectivity index (χ3v) is 4.33. The molecule has 1 atom stereocenters. The predicted molar refractivity (Wildman–Crippen MR) is 95.0 cm³/mol. The van der Waals surface area contributed by atoms with E-state index in [4.69, 9.17) is 4.74 Å². The van der Waals surface area contributed by atoms with Gasteiger partial charge in [-0.3, -0.25) is 4.79 Å². The Labute approximate surface area is 149 Å². The molecule has 0 N–H and O–H groups in total. The monoisotopic (exact) mass is 365 g/mol. The van der Waals surface area contributed by atoms with Crippen LogP contribution in [0.1, 0.15) is 11.3 Å². The molecule has 0 fully saturated rings. The maximum Gasteiger partial charge on any atom is 0.226 e. The van der Waals surface area contributed by atoms with Gasteiger partial charge in [0, 0.05) is 12.1 Å². The first-order valence-electron chi connectivity index (χ1n) is 7.23. The molecule has 0 radical (unpaired) electrons. The lowest BCUT2D eigenvalue weighted by Crippen LogP contribution is -2.08. The maximum atomic E-state index is 13.3. The van der Waals surface area contributed by atoms with Crippen molar-refractivity contribution in [2.45, 2.75) is 23.0 Å². The number of halogens is 1. The molecule has 1 aromatic carbocycles. The molecule has 126 valence electrons. The molecule has 0 saturated carbocycles. The summed E-state index contributed by atoms with van der Waals surface area (Å²) in [5.74, 6) is 0.0915. The van der Waals surface area contributed by atoms with Crippen molar-refractivity contribution in [1.29, 1.82) is 0 Å². The van der Waals surface area contributed by atoms with Crippen LogP contribution in [0.25, 0.3) is 0 Å². The molecule has 4 nitrogen and oxygen atoms in total. The molecule has 0 saturated heterocycles. The summed E-state index contributed by atoms with van der Waals surface area (Å²) in [7, 11) is 0. The van der Waals surface area contributed by atoms with Gasteiger partial charge in [0.05, 0.1) is 16.8 Å². The third kappa shape index (κ3) is 5.65. The Bertz CT molecular complexity index is 695. The summed E-state index contributed by atoms with van der Waals surface area (Å²) >= 11 is 4.90. The second-order valence-electron chi connectivity index (χ2n) is 4.97. The molecule has 2 aromatic rings. The minimum absolute atomic E-state index is 0.219. The third-order valence-electron chi connectivity index (χ3n) is 3.26. The van der Waals surface area contributed by atoms with Crippen molar-refractivity contribution >= 4 is 36.3 Å². The lowest BCUT2D eigenvalue weighted by Gasteiger charge is -2.09. The molecule has 7 heteroatoms. The second-order valence-corrected chi connectivity index (χ2v) is 6.52. The Hall–Kier alpha value is -1.86. The highest BCUT2D eigenvalue weighted by Crippen LogP contribution is 2.17. The van der Waals surface area contributed by atoms with Gasteiger partial charge in [0.15, 0.2) is 5.62 Å². The van der Waals surface area contributed by atoms with Crippen LogP contribution in [0.4, 0.5) is 4.39 Å². The van der Waals surface area contributed by atoms with Crippen LogP contribution in [0.5, 0.6) is 5.75 Å². The van der Waals surface area contributed by atoms with E-state index in [2.05, 4.69) is 17.6 Å². The Kier molecular flexibility index (Phi) is 7.27. The molecular formula is C17H16FNO3S2. The van der Waals surface area contributed by atoms with Crippen LogP contribution in [0.2, 0.25) is 0 Å². The van der Waals surface area contributed by atoms with Crippen LogP contribution in [0.3, 0.4) is 0 Å². The number of nitrogens with zero attached hydrogens (tertiary/aromatic N) is 1. The minimum atomic E-state index is -0.585. The van der Waals surface area contributed by atoms with Crippen molar-refractivity contribution in [3.63, 3.8) is 0 Å². The smallest absolute Gasteiger partial charge is 0.226 e. The molecule has 0 bridgehead atoms. The molecule has 0 spiro atoms. The quantitative estimate of drug-likeness (QED) is 0.420. The predicted octanol–water partition coefficient (Wildman–Crippen LogP) is 3.16. The first-order chi connectivity index (χ1) is 11.6. The Morgan fingerprint density at radius 3 is 2.58 bits per heavy atom. The van der Waals surface area contributed by atoms with Crippen molar-refractivity contribution in [1.82, 2.24) is 4.98 Å². The van der Waals surface area contributed by atoms with Gasteiger partial charge in [-0.15, -0.1) is 12.6 Å². The average Bonchev–Trinajstić information content (AvgIpc) is 2.59. The van der Waals surface area contributed by atoms with E-state index in [1.807, 2.05) is 12.1 Å². The number of benzene rings is 1. The van der Waals surface area contributed by atoms with Crippen molar-refractivity contribution in [2.24, 2.45) is 0 Å². The topological polar surface area (TPSA) is 56.3 Å². The molecule has 1 aromatic heterocycles. The Balaban J connectivity index is 1.84. The van der Waals surface area contributed by atoms with Gasteiger partial charge in [-0.05, 0) is 36.2 Å². The molecule has 0 amide bonds. The van der Waals surface area contributed by atoms with E-state index < -0.39 is 5.95 Å². The average molecular weight is 365 g/mol. The standard InChI is InChI=1S/C17H16FNO3S2/c18-17-16(23)6-3-13(19-17)7-8-22-14-4-1-12(2-5-14)9-15(10-20)24-11-21/h1-6,10-11,15,23H,7-9H2. The lowest BCUT2D eigenvalue weighted by molar-refractivity contribution is -0.107. The van der Waals surface area contributed by atoms with Gasteiger partial charge < -0.3 is 9.53 Å². The zero-order valence-electron chi connectivity index (χ0n) is 12.7.